The number of nitrogens with one attached hydrogen (secondary N) is 1. The molecule has 2 atom stereocenters. The normalized spacial score (nSPS) is 18.9. The van der Waals surface area contributed by atoms with E-state index in [1.165, 1.54) is 12.1 Å². The lowest BCUT2D eigenvalue weighted by molar-refractivity contribution is -0.109. The Morgan fingerprint density at radius 2 is 2.05 bits per heavy atom. The highest BCUT2D eigenvalue weighted by Gasteiger charge is 2.48. The van der Waals surface area contributed by atoms with Crippen molar-refractivity contribution in [1.29, 1.82) is 0 Å². The van der Waals surface area contributed by atoms with E-state index in [9.17, 15) is 23.6 Å². The highest BCUT2D eigenvalue weighted by molar-refractivity contribution is 6.30. The van der Waals surface area contributed by atoms with E-state index in [1.807, 2.05) is 19.0 Å². The van der Waals surface area contributed by atoms with Crippen LogP contribution in [0.15, 0.2) is 23.0 Å². The van der Waals surface area contributed by atoms with Crippen LogP contribution in [0.25, 0.3) is 0 Å². The fourth-order valence-corrected chi connectivity index (χ4v) is 5.77. The molecule has 1 fully saturated rings. The lowest BCUT2D eigenvalue weighted by Crippen LogP contribution is -2.55. The summed E-state index contributed by atoms with van der Waals surface area (Å²) in [5, 5.41) is 2.49. The van der Waals surface area contributed by atoms with Crippen molar-refractivity contribution in [2.24, 2.45) is 0 Å². The van der Waals surface area contributed by atoms with Gasteiger partial charge in [-0.3, -0.25) is 14.4 Å². The lowest BCUT2D eigenvalue weighted by atomic mass is 10.1. The van der Waals surface area contributed by atoms with Gasteiger partial charge in [-0.25, -0.2) is 9.18 Å². The summed E-state index contributed by atoms with van der Waals surface area (Å²) in [6, 6.07) is 4.05. The van der Waals surface area contributed by atoms with E-state index in [4.69, 9.17) is 30.5 Å². The largest absolute Gasteiger partial charge is 0.511 e. The maximum atomic E-state index is 14.4. The zero-order valence-corrected chi connectivity index (χ0v) is 24.1. The molecule has 2 aromatic rings. The molecule has 0 aliphatic carbocycles. The summed E-state index contributed by atoms with van der Waals surface area (Å²) in [5.41, 5.74) is -0.603. The first-order chi connectivity index (χ1) is 20.2. The smallest absolute Gasteiger partial charge is 0.451 e. The van der Waals surface area contributed by atoms with Crippen LogP contribution >= 0.6 is 11.6 Å². The zero-order chi connectivity index (χ0) is 30.0. The Labute approximate surface area is 246 Å². The molecule has 42 heavy (non-hydrogen) atoms. The fraction of sp³-hybridized carbons (Fsp3) is 0.500. The Bertz CT molecular complexity index is 1450. The third-order valence-corrected chi connectivity index (χ3v) is 7.75. The summed E-state index contributed by atoms with van der Waals surface area (Å²) in [4.78, 5) is 56.4. The number of benzene rings is 1. The number of amides is 2. The van der Waals surface area contributed by atoms with Gasteiger partial charge in [0.15, 0.2) is 11.9 Å². The number of carbonyl (C=O) groups excluding carboxylic acids is 3. The van der Waals surface area contributed by atoms with Gasteiger partial charge in [-0.15, -0.1) is 0 Å². The Hall–Kier alpha value is -3.68. The molecule has 1 aromatic heterocycles. The quantitative estimate of drug-likeness (QED) is 0.247. The molecule has 4 heterocycles. The van der Waals surface area contributed by atoms with Gasteiger partial charge in [0.1, 0.15) is 11.4 Å². The molecule has 3 aliphatic heterocycles. The number of halogens is 2. The Morgan fingerprint density at radius 1 is 1.24 bits per heavy atom. The van der Waals surface area contributed by atoms with Crippen LogP contribution in [0.3, 0.4) is 0 Å². The van der Waals surface area contributed by atoms with Crippen molar-refractivity contribution in [1.82, 2.24) is 19.7 Å². The third-order valence-electron chi connectivity index (χ3n) is 7.46. The first-order valence-corrected chi connectivity index (χ1v) is 14.1. The fourth-order valence-electron chi connectivity index (χ4n) is 5.57. The van der Waals surface area contributed by atoms with Crippen LogP contribution < -0.4 is 15.5 Å². The molecular formula is C28H32ClFN4O8. The SMILES string of the molecule is CN(C)CCCOC(=O)OCOc1c2n3c(c(C(=O)NCc4cccc(Cl)c4F)c1=O)CC[C@@H]3[C@@H]1OCCCN1C2=O. The summed E-state index contributed by atoms with van der Waals surface area (Å²) < 4.78 is 37.6. The van der Waals surface area contributed by atoms with Crippen LogP contribution in [0.4, 0.5) is 9.18 Å². The molecule has 0 spiro atoms. The molecule has 1 N–H and O–H groups in total. The molecule has 2 amide bonds. The van der Waals surface area contributed by atoms with Gasteiger partial charge in [0.05, 0.1) is 24.3 Å². The number of fused-ring (bicyclic) bond motifs is 2. The number of carbonyl (C=O) groups is 3. The molecule has 0 bridgehead atoms. The van der Waals surface area contributed by atoms with E-state index in [2.05, 4.69) is 5.32 Å². The first kappa shape index (κ1) is 29.8. The lowest BCUT2D eigenvalue weighted by Gasteiger charge is -2.44. The van der Waals surface area contributed by atoms with Crippen LogP contribution in [0.5, 0.6) is 5.75 Å². The molecule has 0 radical (unpaired) electrons. The van der Waals surface area contributed by atoms with Crippen molar-refractivity contribution in [3.8, 4) is 5.75 Å². The van der Waals surface area contributed by atoms with Crippen molar-refractivity contribution < 1.29 is 37.7 Å². The minimum Gasteiger partial charge on any atom is -0.451 e. The second kappa shape index (κ2) is 12.7. The number of hydrogen-bond donors (Lipinski definition) is 1. The van der Waals surface area contributed by atoms with Crippen molar-refractivity contribution in [2.75, 3.05) is 47.2 Å². The number of nitrogens with zero attached hydrogens (tertiary/aromatic N) is 3. The first-order valence-electron chi connectivity index (χ1n) is 13.7. The topological polar surface area (TPSA) is 129 Å². The second-order valence-corrected chi connectivity index (χ2v) is 10.9. The average molecular weight is 607 g/mol. The Kier molecular flexibility index (Phi) is 8.99. The number of rotatable bonds is 10. The molecular weight excluding hydrogens is 575 g/mol. The van der Waals surface area contributed by atoms with Crippen LogP contribution in [-0.4, -0.2) is 85.8 Å². The number of hydrogen-bond acceptors (Lipinski definition) is 9. The summed E-state index contributed by atoms with van der Waals surface area (Å²) in [5.74, 6) is -2.35. The molecule has 3 aliphatic rings. The molecule has 1 aromatic carbocycles. The highest BCUT2D eigenvalue weighted by atomic mass is 35.5. The van der Waals surface area contributed by atoms with Crippen LogP contribution in [0, 0.1) is 5.82 Å². The van der Waals surface area contributed by atoms with Gasteiger partial charge in [-0.1, -0.05) is 23.7 Å². The van der Waals surface area contributed by atoms with E-state index < -0.39 is 48.0 Å². The Morgan fingerprint density at radius 3 is 2.83 bits per heavy atom. The van der Waals surface area contributed by atoms with Gasteiger partial charge >= 0.3 is 6.16 Å². The second-order valence-electron chi connectivity index (χ2n) is 10.5. The monoisotopic (exact) mass is 606 g/mol. The third kappa shape index (κ3) is 5.81. The molecule has 0 unspecified atom stereocenters. The van der Waals surface area contributed by atoms with Crippen LogP contribution in [0.1, 0.15) is 57.4 Å². The molecule has 0 saturated carbocycles. The van der Waals surface area contributed by atoms with E-state index >= 15 is 0 Å². The minimum atomic E-state index is -1.00. The highest BCUT2D eigenvalue weighted by Crippen LogP contribution is 2.42. The van der Waals surface area contributed by atoms with Gasteiger partial charge in [0.2, 0.25) is 18.0 Å². The predicted octanol–water partition coefficient (Wildman–Crippen LogP) is 2.70. The molecule has 226 valence electrons. The molecule has 12 nitrogen and oxygen atoms in total. The standard InChI is InChI=1S/C28H32ClFN4O8/c1-32(2)10-4-13-40-28(38)42-15-41-24-22-26(37)33-11-5-12-39-27(33)19-9-8-18(34(19)22)20(23(24)35)25(36)31-14-16-6-3-7-17(29)21(16)30/h3,6-7,19,27H,4-5,8-15H2,1-2H3,(H,31,36)/t19-,27+/m1/s1. The van der Waals surface area contributed by atoms with Crippen molar-refractivity contribution >= 4 is 29.6 Å². The molecule has 5 rings (SSSR count). The number of pyridine rings is 1. The van der Waals surface area contributed by atoms with E-state index in [0.29, 0.717) is 51.1 Å². The molecule has 14 heteroatoms. The van der Waals surface area contributed by atoms with Gasteiger partial charge < -0.3 is 38.6 Å². The summed E-state index contributed by atoms with van der Waals surface area (Å²) in [7, 11) is 3.78. The summed E-state index contributed by atoms with van der Waals surface area (Å²) in [6.45, 7) is 0.790. The van der Waals surface area contributed by atoms with Crippen LogP contribution in [0.2, 0.25) is 5.02 Å². The van der Waals surface area contributed by atoms with Gasteiger partial charge in [0.25, 0.3) is 11.8 Å². The van der Waals surface area contributed by atoms with Gasteiger partial charge in [-0.2, -0.15) is 0 Å². The average Bonchev–Trinajstić information content (AvgIpc) is 3.40. The maximum Gasteiger partial charge on any atom is 0.511 e. The minimum absolute atomic E-state index is 0.0281. The number of ether oxygens (including phenoxy) is 4. The van der Waals surface area contributed by atoms with Crippen molar-refractivity contribution in [3.05, 3.63) is 61.8 Å². The van der Waals surface area contributed by atoms with Crippen LogP contribution in [-0.2, 0) is 27.2 Å². The predicted molar refractivity (Wildman–Crippen MR) is 147 cm³/mol. The Balaban J connectivity index is 1.43. The molecule has 1 saturated heterocycles. The van der Waals surface area contributed by atoms with Crippen molar-refractivity contribution in [2.45, 2.75) is 44.5 Å². The van der Waals surface area contributed by atoms with Gasteiger partial charge in [-0.05, 0) is 45.8 Å². The van der Waals surface area contributed by atoms with E-state index in [1.54, 1.807) is 15.5 Å². The van der Waals surface area contributed by atoms with Crippen molar-refractivity contribution in [3.63, 3.8) is 0 Å². The number of aromatic nitrogens is 1. The summed E-state index contributed by atoms with van der Waals surface area (Å²) >= 11 is 5.86. The van der Waals surface area contributed by atoms with Gasteiger partial charge in [0, 0.05) is 30.9 Å². The maximum absolute atomic E-state index is 14.4. The van der Waals surface area contributed by atoms with E-state index in [0.717, 1.165) is 0 Å². The zero-order valence-electron chi connectivity index (χ0n) is 23.3. The van der Waals surface area contributed by atoms with E-state index in [-0.39, 0.29) is 41.0 Å². The summed E-state index contributed by atoms with van der Waals surface area (Å²) in [6.07, 6.45) is 0.512.